The zero-order chi connectivity index (χ0) is 15.3. The quantitative estimate of drug-likeness (QED) is 0.744. The molecule has 1 aromatic rings. The highest BCUT2D eigenvalue weighted by atomic mass is 32.2. The minimum Gasteiger partial charge on any atom is -0.313 e. The Morgan fingerprint density at radius 2 is 2.33 bits per heavy atom. The fourth-order valence-electron chi connectivity index (χ4n) is 2.16. The molecule has 8 heteroatoms. The molecular weight excluding hydrogens is 308 g/mol. The third kappa shape index (κ3) is 5.28. The van der Waals surface area contributed by atoms with E-state index >= 15 is 0 Å². The summed E-state index contributed by atoms with van der Waals surface area (Å²) in [7, 11) is -3.44. The third-order valence-electron chi connectivity index (χ3n) is 3.34. The molecule has 1 unspecified atom stereocenters. The predicted octanol–water partition coefficient (Wildman–Crippen LogP) is 1.06. The summed E-state index contributed by atoms with van der Waals surface area (Å²) in [5, 5.41) is 7.79. The Hall–Kier alpha value is -0.570. The van der Waals surface area contributed by atoms with Gasteiger partial charge in [-0.2, -0.15) is 16.9 Å². The number of thioether (sulfide) groups is 1. The first-order chi connectivity index (χ1) is 9.97. The van der Waals surface area contributed by atoms with Crippen molar-refractivity contribution in [3.63, 3.8) is 0 Å². The summed E-state index contributed by atoms with van der Waals surface area (Å²) in [4.78, 5) is 0.245. The van der Waals surface area contributed by atoms with Crippen molar-refractivity contribution in [2.75, 3.05) is 18.8 Å². The molecule has 2 heterocycles. The summed E-state index contributed by atoms with van der Waals surface area (Å²) < 4.78 is 28.7. The number of hydrogen-bond acceptors (Lipinski definition) is 5. The Balaban J connectivity index is 1.86. The second-order valence-electron chi connectivity index (χ2n) is 5.53. The van der Waals surface area contributed by atoms with Crippen molar-refractivity contribution in [2.24, 2.45) is 0 Å². The van der Waals surface area contributed by atoms with Crippen LogP contribution in [0.3, 0.4) is 0 Å². The average molecular weight is 332 g/mol. The van der Waals surface area contributed by atoms with Crippen molar-refractivity contribution in [1.29, 1.82) is 0 Å². The molecule has 2 rings (SSSR count). The number of rotatable bonds is 8. The Morgan fingerprint density at radius 3 is 3.00 bits per heavy atom. The number of nitrogens with zero attached hydrogens (tertiary/aromatic N) is 2. The Bertz CT molecular complexity index is 536. The fourth-order valence-corrected chi connectivity index (χ4v) is 4.51. The minimum atomic E-state index is -3.44. The van der Waals surface area contributed by atoms with Crippen LogP contribution in [0.2, 0.25) is 0 Å². The lowest BCUT2D eigenvalue weighted by atomic mass is 10.2. The highest BCUT2D eigenvalue weighted by Crippen LogP contribution is 2.25. The van der Waals surface area contributed by atoms with Gasteiger partial charge in [0, 0.05) is 30.6 Å². The van der Waals surface area contributed by atoms with Gasteiger partial charge in [0.1, 0.15) is 4.90 Å². The first kappa shape index (κ1) is 16.8. The van der Waals surface area contributed by atoms with Gasteiger partial charge in [-0.15, -0.1) is 0 Å². The van der Waals surface area contributed by atoms with Gasteiger partial charge in [0.2, 0.25) is 10.0 Å². The molecule has 1 atom stereocenters. The van der Waals surface area contributed by atoms with Crippen molar-refractivity contribution < 1.29 is 8.42 Å². The van der Waals surface area contributed by atoms with E-state index in [-0.39, 0.29) is 4.90 Å². The molecule has 120 valence electrons. The third-order valence-corrected chi connectivity index (χ3v) is 6.11. The molecular formula is C13H24N4O2S2. The monoisotopic (exact) mass is 332 g/mol. The molecule has 6 nitrogen and oxygen atoms in total. The van der Waals surface area contributed by atoms with Crippen molar-refractivity contribution in [3.8, 4) is 0 Å². The summed E-state index contributed by atoms with van der Waals surface area (Å²) in [6.07, 6.45) is 5.27. The van der Waals surface area contributed by atoms with E-state index < -0.39 is 10.0 Å². The Morgan fingerprint density at radius 1 is 1.52 bits per heavy atom. The average Bonchev–Trinajstić information content (AvgIpc) is 3.07. The number of nitrogens with one attached hydrogen (secondary N) is 2. The summed E-state index contributed by atoms with van der Waals surface area (Å²) in [5.41, 5.74) is 0. The van der Waals surface area contributed by atoms with Crippen LogP contribution in [-0.4, -0.2) is 48.3 Å². The summed E-state index contributed by atoms with van der Waals surface area (Å²) in [5.74, 6) is 1.13. The molecule has 1 aliphatic heterocycles. The first-order valence-electron chi connectivity index (χ1n) is 7.34. The lowest BCUT2D eigenvalue weighted by Gasteiger charge is -2.09. The molecule has 0 aliphatic carbocycles. The predicted molar refractivity (Wildman–Crippen MR) is 86.0 cm³/mol. The zero-order valence-electron chi connectivity index (χ0n) is 12.6. The topological polar surface area (TPSA) is 76.0 Å². The van der Waals surface area contributed by atoms with E-state index in [4.69, 9.17) is 0 Å². The number of aromatic nitrogens is 2. The Kier molecular flexibility index (Phi) is 6.09. The number of sulfonamides is 1. The van der Waals surface area contributed by atoms with Gasteiger partial charge in [-0.25, -0.2) is 13.1 Å². The molecule has 0 bridgehead atoms. The molecule has 1 aromatic heterocycles. The zero-order valence-corrected chi connectivity index (χ0v) is 14.2. The minimum absolute atomic E-state index is 0.245. The van der Waals surface area contributed by atoms with Crippen LogP contribution in [0.4, 0.5) is 0 Å². The van der Waals surface area contributed by atoms with Crippen molar-refractivity contribution in [3.05, 3.63) is 12.4 Å². The molecule has 0 aromatic carbocycles. The lowest BCUT2D eigenvalue weighted by molar-refractivity contribution is 0.514. The van der Waals surface area contributed by atoms with E-state index in [1.165, 1.54) is 12.6 Å². The van der Waals surface area contributed by atoms with Gasteiger partial charge in [-0.3, -0.25) is 4.68 Å². The summed E-state index contributed by atoms with van der Waals surface area (Å²) >= 11 is 1.84. The van der Waals surface area contributed by atoms with Gasteiger partial charge in [0.25, 0.3) is 0 Å². The lowest BCUT2D eigenvalue weighted by Crippen LogP contribution is -2.29. The molecule has 1 aliphatic rings. The van der Waals surface area contributed by atoms with Crippen LogP contribution in [0.5, 0.6) is 0 Å². The maximum absolute atomic E-state index is 12.2. The van der Waals surface area contributed by atoms with E-state index in [1.54, 1.807) is 10.9 Å². The molecule has 1 saturated heterocycles. The van der Waals surface area contributed by atoms with E-state index in [0.29, 0.717) is 24.4 Å². The van der Waals surface area contributed by atoms with Crippen LogP contribution < -0.4 is 10.0 Å². The molecule has 1 fully saturated rings. The summed E-state index contributed by atoms with van der Waals surface area (Å²) in [6, 6.07) is 0.411. The maximum Gasteiger partial charge on any atom is 0.243 e. The van der Waals surface area contributed by atoms with Crippen LogP contribution in [0.15, 0.2) is 17.3 Å². The van der Waals surface area contributed by atoms with Gasteiger partial charge in [-0.1, -0.05) is 13.8 Å². The van der Waals surface area contributed by atoms with Gasteiger partial charge in [0.05, 0.1) is 12.7 Å². The van der Waals surface area contributed by atoms with Crippen LogP contribution in [0.25, 0.3) is 0 Å². The van der Waals surface area contributed by atoms with Gasteiger partial charge in [-0.05, 0) is 18.6 Å². The highest BCUT2D eigenvalue weighted by Gasteiger charge is 2.21. The molecule has 2 N–H and O–H groups in total. The Labute approximate surface area is 131 Å². The second-order valence-corrected chi connectivity index (χ2v) is 8.71. The van der Waals surface area contributed by atoms with Crippen LogP contribution in [0, 0.1) is 0 Å². The smallest absolute Gasteiger partial charge is 0.243 e. The van der Waals surface area contributed by atoms with Gasteiger partial charge in [0.15, 0.2) is 0 Å². The maximum atomic E-state index is 12.2. The van der Waals surface area contributed by atoms with Crippen LogP contribution >= 0.6 is 11.8 Å². The fraction of sp³-hybridized carbons (Fsp3) is 0.769. The molecule has 0 spiro atoms. The largest absolute Gasteiger partial charge is 0.313 e. The van der Waals surface area contributed by atoms with E-state index in [2.05, 4.69) is 29.0 Å². The van der Waals surface area contributed by atoms with E-state index in [1.807, 2.05) is 11.8 Å². The standard InChI is InChI=1S/C13H24N4O2S2/c1-11(2)14-5-6-17-10-13(9-15-17)21(18,19)16-8-12-4-3-7-20-12/h9-12,14,16H,3-8H2,1-2H3. The normalized spacial score (nSPS) is 19.5. The SMILES string of the molecule is CC(C)NCCn1cc(S(=O)(=O)NCC2CCCS2)cn1. The van der Waals surface area contributed by atoms with Gasteiger partial charge >= 0.3 is 0 Å². The molecule has 0 amide bonds. The van der Waals surface area contributed by atoms with Crippen LogP contribution in [0.1, 0.15) is 26.7 Å². The number of hydrogen-bond donors (Lipinski definition) is 2. The molecule has 0 saturated carbocycles. The van der Waals surface area contributed by atoms with Crippen molar-refractivity contribution in [2.45, 2.75) is 49.4 Å². The van der Waals surface area contributed by atoms with Gasteiger partial charge < -0.3 is 5.32 Å². The first-order valence-corrected chi connectivity index (χ1v) is 9.87. The highest BCUT2D eigenvalue weighted by molar-refractivity contribution is 8.00. The summed E-state index contributed by atoms with van der Waals surface area (Å²) in [6.45, 7) is 6.08. The molecule has 0 radical (unpaired) electrons. The molecule has 21 heavy (non-hydrogen) atoms. The van der Waals surface area contributed by atoms with E-state index in [9.17, 15) is 8.42 Å². The van der Waals surface area contributed by atoms with Crippen molar-refractivity contribution >= 4 is 21.8 Å². The van der Waals surface area contributed by atoms with Crippen LogP contribution in [-0.2, 0) is 16.6 Å². The van der Waals surface area contributed by atoms with Crippen molar-refractivity contribution in [1.82, 2.24) is 19.8 Å². The van der Waals surface area contributed by atoms with E-state index in [0.717, 1.165) is 18.7 Å². The second kappa shape index (κ2) is 7.62.